The molecule has 1 aliphatic rings. The number of hydrogen-bond acceptors (Lipinski definition) is 2. The molecule has 0 N–H and O–H groups in total. The van der Waals surface area contributed by atoms with Crippen molar-refractivity contribution in [3.05, 3.63) is 65.2 Å². The van der Waals surface area contributed by atoms with Gasteiger partial charge in [0.2, 0.25) is 5.91 Å². The van der Waals surface area contributed by atoms with Crippen molar-refractivity contribution in [2.24, 2.45) is 0 Å². The summed E-state index contributed by atoms with van der Waals surface area (Å²) in [7, 11) is 0. The van der Waals surface area contributed by atoms with Gasteiger partial charge in [-0.25, -0.2) is 0 Å². The maximum absolute atomic E-state index is 12.5. The summed E-state index contributed by atoms with van der Waals surface area (Å²) in [5, 5.41) is 0. The summed E-state index contributed by atoms with van der Waals surface area (Å²) in [5.74, 6) is 0.742. The van der Waals surface area contributed by atoms with E-state index in [4.69, 9.17) is 0 Å². The van der Waals surface area contributed by atoms with E-state index in [1.807, 2.05) is 4.90 Å². The summed E-state index contributed by atoms with van der Waals surface area (Å²) < 4.78 is 0. The molecule has 0 aliphatic carbocycles. The Morgan fingerprint density at radius 2 is 1.71 bits per heavy atom. The highest BCUT2D eigenvalue weighted by Crippen LogP contribution is 2.26. The van der Waals surface area contributed by atoms with E-state index in [2.05, 4.69) is 69.3 Å². The van der Waals surface area contributed by atoms with E-state index in [9.17, 15) is 4.79 Å². The van der Waals surface area contributed by atoms with Crippen molar-refractivity contribution in [3.63, 3.8) is 0 Å². The minimum Gasteiger partial charge on any atom is -0.337 e. The fourth-order valence-electron chi connectivity index (χ4n) is 3.00. The highest BCUT2D eigenvalue weighted by Gasteiger charge is 2.20. The lowest BCUT2D eigenvalue weighted by Gasteiger charge is -2.28. The molecular weight excluding hydrogens is 314 g/mol. The van der Waals surface area contributed by atoms with Crippen molar-refractivity contribution in [1.29, 1.82) is 0 Å². The van der Waals surface area contributed by atoms with Gasteiger partial charge in [0.1, 0.15) is 0 Å². The maximum atomic E-state index is 12.5. The first-order valence-electron chi connectivity index (χ1n) is 8.51. The maximum Gasteiger partial charge on any atom is 0.233 e. The van der Waals surface area contributed by atoms with Gasteiger partial charge in [0.05, 0.1) is 5.75 Å². The number of carbonyl (C=O) groups is 1. The van der Waals surface area contributed by atoms with Crippen LogP contribution in [-0.2, 0) is 23.2 Å². The number of hydrogen-bond donors (Lipinski definition) is 0. The first-order chi connectivity index (χ1) is 11.4. The lowest BCUT2D eigenvalue weighted by Crippen LogP contribution is -2.37. The second-order valence-electron chi connectivity index (χ2n) is 7.40. The molecule has 24 heavy (non-hydrogen) atoms. The molecule has 0 saturated carbocycles. The van der Waals surface area contributed by atoms with Crippen LogP contribution in [0.25, 0.3) is 0 Å². The number of fused-ring (bicyclic) bond motifs is 1. The summed E-state index contributed by atoms with van der Waals surface area (Å²) >= 11 is 1.63. The fourth-order valence-corrected chi connectivity index (χ4v) is 3.80. The minimum atomic E-state index is 0.167. The van der Waals surface area contributed by atoms with Crippen LogP contribution < -0.4 is 0 Å². The van der Waals surface area contributed by atoms with Crippen molar-refractivity contribution in [1.82, 2.24) is 4.90 Å². The van der Waals surface area contributed by atoms with Gasteiger partial charge in [-0.05, 0) is 40.7 Å². The van der Waals surface area contributed by atoms with Crippen molar-refractivity contribution in [3.8, 4) is 0 Å². The Morgan fingerprint density at radius 3 is 2.38 bits per heavy atom. The standard InChI is InChI=1S/C21H25NOS/c1-21(2,3)18-8-10-19(11-9-18)24-15-20(23)22-13-12-16-6-4-5-7-17(16)14-22/h4-11H,12-15H2,1-3H3. The molecule has 0 atom stereocenters. The Bertz CT molecular complexity index is 715. The van der Waals surface area contributed by atoms with E-state index < -0.39 is 0 Å². The van der Waals surface area contributed by atoms with Gasteiger partial charge in [-0.1, -0.05) is 57.2 Å². The van der Waals surface area contributed by atoms with Crippen LogP contribution in [0.2, 0.25) is 0 Å². The van der Waals surface area contributed by atoms with Gasteiger partial charge in [0.25, 0.3) is 0 Å². The smallest absolute Gasteiger partial charge is 0.233 e. The third-order valence-corrected chi connectivity index (χ3v) is 5.56. The zero-order valence-electron chi connectivity index (χ0n) is 14.7. The summed E-state index contributed by atoms with van der Waals surface area (Å²) in [6.45, 7) is 8.23. The molecular formula is C21H25NOS. The number of rotatable bonds is 3. The highest BCUT2D eigenvalue weighted by atomic mass is 32.2. The first-order valence-corrected chi connectivity index (χ1v) is 9.50. The first kappa shape index (κ1) is 17.1. The van der Waals surface area contributed by atoms with Crippen LogP contribution in [0.1, 0.15) is 37.5 Å². The molecule has 0 fully saturated rings. The number of nitrogens with zero attached hydrogens (tertiary/aromatic N) is 1. The van der Waals surface area contributed by atoms with Gasteiger partial charge >= 0.3 is 0 Å². The summed E-state index contributed by atoms with van der Waals surface area (Å²) in [4.78, 5) is 15.7. The van der Waals surface area contributed by atoms with Crippen LogP contribution in [-0.4, -0.2) is 23.1 Å². The van der Waals surface area contributed by atoms with Crippen LogP contribution in [0.5, 0.6) is 0 Å². The molecule has 1 heterocycles. The zero-order valence-corrected chi connectivity index (χ0v) is 15.5. The molecule has 1 aliphatic heterocycles. The number of amides is 1. The van der Waals surface area contributed by atoms with Crippen molar-refractivity contribution in [2.75, 3.05) is 12.3 Å². The van der Waals surface area contributed by atoms with E-state index in [-0.39, 0.29) is 11.3 Å². The fraction of sp³-hybridized carbons (Fsp3) is 0.381. The number of benzene rings is 2. The Balaban J connectivity index is 1.56. The van der Waals surface area contributed by atoms with E-state index in [0.717, 1.165) is 24.4 Å². The van der Waals surface area contributed by atoms with Gasteiger partial charge in [-0.3, -0.25) is 4.79 Å². The quantitative estimate of drug-likeness (QED) is 0.758. The molecule has 0 bridgehead atoms. The molecule has 2 aromatic rings. The van der Waals surface area contributed by atoms with E-state index in [1.54, 1.807) is 11.8 Å². The van der Waals surface area contributed by atoms with Gasteiger partial charge in [0, 0.05) is 18.0 Å². The second-order valence-corrected chi connectivity index (χ2v) is 8.45. The van der Waals surface area contributed by atoms with Crippen LogP contribution in [0.3, 0.4) is 0 Å². The lowest BCUT2D eigenvalue weighted by atomic mass is 9.87. The Labute approximate surface area is 149 Å². The third kappa shape index (κ3) is 4.02. The molecule has 1 amide bonds. The Hall–Kier alpha value is -1.74. The van der Waals surface area contributed by atoms with Crippen molar-refractivity contribution in [2.45, 2.75) is 44.0 Å². The molecule has 2 aromatic carbocycles. The molecule has 126 valence electrons. The van der Waals surface area contributed by atoms with E-state index in [0.29, 0.717) is 5.75 Å². The molecule has 0 saturated heterocycles. The summed E-state index contributed by atoms with van der Waals surface area (Å²) in [6, 6.07) is 17.0. The predicted octanol–water partition coefficient (Wildman–Crippen LogP) is 4.66. The monoisotopic (exact) mass is 339 g/mol. The van der Waals surface area contributed by atoms with E-state index >= 15 is 0 Å². The minimum absolute atomic E-state index is 0.167. The summed E-state index contributed by atoms with van der Waals surface area (Å²) in [5.41, 5.74) is 4.16. The summed E-state index contributed by atoms with van der Waals surface area (Å²) in [6.07, 6.45) is 0.965. The molecule has 0 spiro atoms. The SMILES string of the molecule is CC(C)(C)c1ccc(SCC(=O)N2CCc3ccccc3C2)cc1. The predicted molar refractivity (Wildman–Crippen MR) is 101 cm³/mol. The number of carbonyl (C=O) groups excluding carboxylic acids is 1. The molecule has 3 heteroatoms. The lowest BCUT2D eigenvalue weighted by molar-refractivity contribution is -0.129. The molecule has 0 unspecified atom stereocenters. The third-order valence-electron chi connectivity index (χ3n) is 4.57. The van der Waals surface area contributed by atoms with Crippen LogP contribution in [0.15, 0.2) is 53.4 Å². The van der Waals surface area contributed by atoms with E-state index in [1.165, 1.54) is 16.7 Å². The normalized spacial score (nSPS) is 14.4. The zero-order chi connectivity index (χ0) is 17.2. The molecule has 3 rings (SSSR count). The van der Waals surface area contributed by atoms with Crippen molar-refractivity contribution >= 4 is 17.7 Å². The average Bonchev–Trinajstić information content (AvgIpc) is 2.59. The highest BCUT2D eigenvalue weighted by molar-refractivity contribution is 8.00. The van der Waals surface area contributed by atoms with Gasteiger partial charge < -0.3 is 4.90 Å². The Kier molecular flexibility index (Phi) is 5.00. The molecule has 2 nitrogen and oxygen atoms in total. The van der Waals surface area contributed by atoms with Crippen molar-refractivity contribution < 1.29 is 4.79 Å². The van der Waals surface area contributed by atoms with Gasteiger partial charge in [-0.2, -0.15) is 0 Å². The van der Waals surface area contributed by atoms with Gasteiger partial charge in [-0.15, -0.1) is 11.8 Å². The largest absolute Gasteiger partial charge is 0.337 e. The molecule has 0 radical (unpaired) electrons. The van der Waals surface area contributed by atoms with Crippen LogP contribution in [0.4, 0.5) is 0 Å². The van der Waals surface area contributed by atoms with Crippen LogP contribution >= 0.6 is 11.8 Å². The number of thioether (sulfide) groups is 1. The average molecular weight is 340 g/mol. The second kappa shape index (κ2) is 7.02. The topological polar surface area (TPSA) is 20.3 Å². The Morgan fingerprint density at radius 1 is 1.04 bits per heavy atom. The van der Waals surface area contributed by atoms with Gasteiger partial charge in [0.15, 0.2) is 0 Å². The van der Waals surface area contributed by atoms with Crippen LogP contribution in [0, 0.1) is 0 Å². The molecule has 0 aromatic heterocycles.